The van der Waals surface area contributed by atoms with Gasteiger partial charge in [-0.3, -0.25) is 9.74 Å². The molecule has 0 unspecified atom stereocenters. The molecule has 0 spiro atoms. The van der Waals surface area contributed by atoms with E-state index in [1.54, 1.807) is 11.0 Å². The van der Waals surface area contributed by atoms with Crippen LogP contribution in [0.25, 0.3) is 0 Å². The lowest BCUT2D eigenvalue weighted by Crippen LogP contribution is -2.46. The second-order valence-corrected chi connectivity index (χ2v) is 6.80. The Morgan fingerprint density at radius 2 is 1.71 bits per heavy atom. The molecule has 1 aliphatic heterocycles. The number of benzene rings is 2. The summed E-state index contributed by atoms with van der Waals surface area (Å²) in [6.45, 7) is 4.15. The number of halogens is 4. The molecule has 0 aliphatic carbocycles. The second-order valence-electron chi connectivity index (χ2n) is 6.12. The van der Waals surface area contributed by atoms with Crippen molar-refractivity contribution < 1.29 is 23.0 Å². The summed E-state index contributed by atoms with van der Waals surface area (Å²) in [5, 5.41) is 9.48. The Balaban J connectivity index is 0.000000604. The molecule has 1 saturated heterocycles. The quantitative estimate of drug-likeness (QED) is 0.532. The van der Waals surface area contributed by atoms with E-state index < -0.39 is 11.6 Å². The first-order valence-corrected chi connectivity index (χ1v) is 9.69. The smallest absolute Gasteiger partial charge is 0.337 e. The zero-order valence-electron chi connectivity index (χ0n) is 16.5. The molecular weight excluding hydrogens is 453 g/mol. The van der Waals surface area contributed by atoms with Gasteiger partial charge in [-0.05, 0) is 30.7 Å². The highest BCUT2D eigenvalue weighted by molar-refractivity contribution is 7.78. The standard InChI is InChI=1S/C18H16ClF2N3.CHFO2.CH3NS/c1-12-2-3-14(9-15(12)19)23-4-6-24(7-5-23)18-10-16(20)13(11-22)8-17(18)21;2-4-1-3;2-1-3/h2-3,8-10H,4-7H2,1H3;1H;1H,(H2,2,3). The van der Waals surface area contributed by atoms with Gasteiger partial charge in [0.25, 0.3) is 0 Å². The van der Waals surface area contributed by atoms with Crippen LogP contribution in [0.2, 0.25) is 5.02 Å². The Bertz CT molecular complexity index is 935. The summed E-state index contributed by atoms with van der Waals surface area (Å²) in [5.41, 5.74) is 7.60. The molecule has 31 heavy (non-hydrogen) atoms. The fraction of sp³-hybridized carbons (Fsp3) is 0.250. The van der Waals surface area contributed by atoms with Crippen molar-refractivity contribution in [3.8, 4) is 6.07 Å². The highest BCUT2D eigenvalue weighted by Gasteiger charge is 2.21. The molecule has 6 nitrogen and oxygen atoms in total. The molecule has 0 saturated carbocycles. The van der Waals surface area contributed by atoms with Gasteiger partial charge in [-0.25, -0.2) is 8.78 Å². The van der Waals surface area contributed by atoms with Crippen LogP contribution in [0.3, 0.4) is 0 Å². The molecule has 3 rings (SSSR count). The summed E-state index contributed by atoms with van der Waals surface area (Å²) in [6.07, 6.45) is 0. The molecule has 2 aromatic carbocycles. The minimum Gasteiger partial charge on any atom is -0.396 e. The van der Waals surface area contributed by atoms with E-state index in [9.17, 15) is 13.3 Å². The van der Waals surface area contributed by atoms with Gasteiger partial charge < -0.3 is 15.5 Å². The second kappa shape index (κ2) is 13.3. The van der Waals surface area contributed by atoms with Crippen molar-refractivity contribution in [2.75, 3.05) is 36.0 Å². The molecule has 2 aromatic rings. The molecule has 0 aromatic heterocycles. The van der Waals surface area contributed by atoms with E-state index in [4.69, 9.17) is 21.7 Å². The zero-order chi connectivity index (χ0) is 23.4. The molecular formula is C20H20ClF3N4O2S. The van der Waals surface area contributed by atoms with Gasteiger partial charge >= 0.3 is 6.47 Å². The summed E-state index contributed by atoms with van der Waals surface area (Å²) in [6, 6.07) is 9.62. The van der Waals surface area contributed by atoms with Crippen LogP contribution in [0.5, 0.6) is 0 Å². The third-order valence-electron chi connectivity index (χ3n) is 4.33. The highest BCUT2D eigenvalue weighted by atomic mass is 35.5. The third kappa shape index (κ3) is 7.62. The number of anilines is 2. The van der Waals surface area contributed by atoms with Gasteiger partial charge in [-0.15, -0.1) is 0 Å². The minimum absolute atomic E-state index is 0.202. The van der Waals surface area contributed by atoms with E-state index >= 15 is 0 Å². The number of piperazine rings is 1. The zero-order valence-corrected chi connectivity index (χ0v) is 18.1. The van der Waals surface area contributed by atoms with Crippen molar-refractivity contribution in [1.29, 1.82) is 5.26 Å². The lowest BCUT2D eigenvalue weighted by Gasteiger charge is -2.37. The number of thiocarbonyl (C=S) groups is 1. The van der Waals surface area contributed by atoms with E-state index in [2.05, 4.69) is 27.8 Å². The molecule has 0 bridgehead atoms. The molecule has 0 radical (unpaired) electrons. The normalized spacial score (nSPS) is 12.4. The van der Waals surface area contributed by atoms with Gasteiger partial charge in [0.1, 0.15) is 17.7 Å². The first-order chi connectivity index (χ1) is 14.8. The van der Waals surface area contributed by atoms with Gasteiger partial charge in [-0.2, -0.15) is 5.26 Å². The summed E-state index contributed by atoms with van der Waals surface area (Å²) in [7, 11) is 0. The van der Waals surface area contributed by atoms with Crippen molar-refractivity contribution in [3.05, 3.63) is 58.1 Å². The first-order valence-electron chi connectivity index (χ1n) is 8.84. The number of rotatable bonds is 3. The summed E-state index contributed by atoms with van der Waals surface area (Å²) in [4.78, 5) is 14.9. The molecule has 2 N–H and O–H groups in total. The van der Waals surface area contributed by atoms with Crippen molar-refractivity contribution in [1.82, 2.24) is 0 Å². The Kier molecular flexibility index (Phi) is 11.2. The van der Waals surface area contributed by atoms with Crippen LogP contribution in [-0.4, -0.2) is 38.1 Å². The molecule has 166 valence electrons. The maximum atomic E-state index is 14.1. The predicted octanol–water partition coefficient (Wildman–Crippen LogP) is 4.07. The van der Waals surface area contributed by atoms with Crippen molar-refractivity contribution in [3.63, 3.8) is 0 Å². The molecule has 1 heterocycles. The Morgan fingerprint density at radius 3 is 2.19 bits per heavy atom. The van der Waals surface area contributed by atoms with Crippen LogP contribution < -0.4 is 15.5 Å². The maximum absolute atomic E-state index is 14.1. The van der Waals surface area contributed by atoms with E-state index in [1.807, 2.05) is 25.1 Å². The number of carbonyl (C=O) groups excluding carboxylic acids is 1. The first kappa shape index (κ1) is 26.0. The van der Waals surface area contributed by atoms with Crippen molar-refractivity contribution in [2.45, 2.75) is 6.92 Å². The van der Waals surface area contributed by atoms with Crippen LogP contribution in [0.15, 0.2) is 30.3 Å². The van der Waals surface area contributed by atoms with E-state index in [0.717, 1.165) is 33.9 Å². The van der Waals surface area contributed by atoms with E-state index in [0.29, 0.717) is 26.2 Å². The van der Waals surface area contributed by atoms with E-state index in [1.165, 1.54) is 0 Å². The maximum Gasteiger partial charge on any atom is 0.337 e. The van der Waals surface area contributed by atoms with Gasteiger partial charge in [0.15, 0.2) is 0 Å². The van der Waals surface area contributed by atoms with Crippen molar-refractivity contribution >= 4 is 47.2 Å². The number of carbonyl (C=O) groups is 1. The lowest BCUT2D eigenvalue weighted by molar-refractivity contribution is -0.165. The van der Waals surface area contributed by atoms with Crippen LogP contribution in [0, 0.1) is 29.9 Å². The Labute approximate surface area is 188 Å². The van der Waals surface area contributed by atoms with Crippen molar-refractivity contribution in [2.24, 2.45) is 5.73 Å². The number of nitrogens with zero attached hydrogens (tertiary/aromatic N) is 3. The van der Waals surface area contributed by atoms with Gasteiger partial charge in [0.2, 0.25) is 0 Å². The number of hydrogen-bond acceptors (Lipinski definition) is 6. The monoisotopic (exact) mass is 472 g/mol. The molecule has 0 atom stereocenters. The highest BCUT2D eigenvalue weighted by Crippen LogP contribution is 2.27. The SMILES string of the molecule is Cc1ccc(N2CCN(c3cc(F)c(C#N)cc3F)CC2)cc1Cl.NC=S.O=COF. The largest absolute Gasteiger partial charge is 0.396 e. The van der Waals surface area contributed by atoms with Gasteiger partial charge in [0.05, 0.1) is 16.7 Å². The summed E-state index contributed by atoms with van der Waals surface area (Å²) >= 11 is 10.2. The fourth-order valence-corrected chi connectivity index (χ4v) is 3.02. The molecule has 1 aliphatic rings. The Morgan fingerprint density at radius 1 is 1.16 bits per heavy atom. The number of nitrogens with two attached hydrogens (primary N) is 1. The molecule has 11 heteroatoms. The lowest BCUT2D eigenvalue weighted by atomic mass is 10.1. The van der Waals surface area contributed by atoms with Gasteiger partial charge in [0, 0.05) is 47.5 Å². The fourth-order valence-electron chi connectivity index (χ4n) is 2.85. The third-order valence-corrected chi connectivity index (χ3v) is 4.74. The predicted molar refractivity (Wildman–Crippen MR) is 118 cm³/mol. The average Bonchev–Trinajstić information content (AvgIpc) is 2.78. The molecule has 0 amide bonds. The minimum atomic E-state index is -0.693. The number of nitriles is 1. The average molecular weight is 473 g/mol. The summed E-state index contributed by atoms with van der Waals surface area (Å²) in [5.74, 6) is -1.26. The topological polar surface area (TPSA) is 82.6 Å². The number of hydrogen-bond donors (Lipinski definition) is 1. The van der Waals surface area contributed by atoms with Crippen LogP contribution in [0.1, 0.15) is 11.1 Å². The van der Waals surface area contributed by atoms with Crippen LogP contribution in [0.4, 0.5) is 24.7 Å². The van der Waals surface area contributed by atoms with Gasteiger partial charge in [-0.1, -0.05) is 29.9 Å². The van der Waals surface area contributed by atoms with Crippen LogP contribution in [-0.2, 0) is 9.74 Å². The summed E-state index contributed by atoms with van der Waals surface area (Å²) < 4.78 is 37.8. The Hall–Kier alpha value is -3.03. The van der Waals surface area contributed by atoms with E-state index in [-0.39, 0.29) is 17.7 Å². The number of aryl methyl sites for hydroxylation is 1. The molecule has 1 fully saturated rings. The van der Waals surface area contributed by atoms with Crippen LogP contribution >= 0.6 is 23.8 Å².